The van der Waals surface area contributed by atoms with Crippen LogP contribution in [-0.2, 0) is 6.42 Å². The Bertz CT molecular complexity index is 589. The van der Waals surface area contributed by atoms with Crippen LogP contribution in [0.25, 0.3) is 0 Å². The van der Waals surface area contributed by atoms with Crippen LogP contribution in [-0.4, -0.2) is 16.5 Å². The minimum atomic E-state index is -0.523. The van der Waals surface area contributed by atoms with Crippen molar-refractivity contribution in [3.05, 3.63) is 58.4 Å². The second kappa shape index (κ2) is 6.48. The fraction of sp³-hybridized carbons (Fsp3) is 0.154. The number of anilines is 1. The molecular formula is C13H14N4O3. The number of rotatable bonds is 6. The van der Waals surface area contributed by atoms with Crippen molar-refractivity contribution < 1.29 is 9.66 Å². The predicted molar refractivity (Wildman–Crippen MR) is 74.3 cm³/mol. The average Bonchev–Trinajstić information content (AvgIpc) is 2.47. The summed E-state index contributed by atoms with van der Waals surface area (Å²) in [7, 11) is 0. The van der Waals surface area contributed by atoms with Crippen molar-refractivity contribution in [3.63, 3.8) is 0 Å². The average molecular weight is 274 g/mol. The zero-order chi connectivity index (χ0) is 14.4. The van der Waals surface area contributed by atoms with Crippen LogP contribution in [0.2, 0.25) is 0 Å². The van der Waals surface area contributed by atoms with Crippen molar-refractivity contribution in [2.24, 2.45) is 5.84 Å². The number of nitrogens with zero attached hydrogens (tertiary/aromatic N) is 2. The highest BCUT2D eigenvalue weighted by molar-refractivity contribution is 5.67. The van der Waals surface area contributed by atoms with Gasteiger partial charge in [0.05, 0.1) is 11.5 Å². The fourth-order valence-corrected chi connectivity index (χ4v) is 1.76. The molecule has 2 aromatic rings. The van der Waals surface area contributed by atoms with Crippen LogP contribution in [0.5, 0.6) is 5.75 Å². The summed E-state index contributed by atoms with van der Waals surface area (Å²) in [4.78, 5) is 14.7. The molecule has 3 N–H and O–H groups in total. The van der Waals surface area contributed by atoms with Gasteiger partial charge in [-0.3, -0.25) is 20.9 Å². The van der Waals surface area contributed by atoms with Gasteiger partial charge in [0.25, 0.3) is 0 Å². The minimum Gasteiger partial charge on any atom is -0.486 e. The highest BCUT2D eigenvalue weighted by Gasteiger charge is 2.20. The number of benzene rings is 1. The number of nitrogen functional groups attached to an aromatic ring is 1. The van der Waals surface area contributed by atoms with E-state index in [0.29, 0.717) is 13.0 Å². The van der Waals surface area contributed by atoms with Crippen molar-refractivity contribution in [2.75, 3.05) is 12.0 Å². The molecule has 0 aliphatic rings. The Morgan fingerprint density at radius 2 is 2.15 bits per heavy atom. The SMILES string of the molecule is NNc1cccc(OCCc2ccccn2)c1[N+](=O)[O-]. The Hall–Kier alpha value is -2.67. The first kappa shape index (κ1) is 13.8. The number of para-hydroxylation sites is 1. The zero-order valence-corrected chi connectivity index (χ0v) is 10.7. The number of nitro groups is 1. The van der Waals surface area contributed by atoms with Gasteiger partial charge in [-0.1, -0.05) is 12.1 Å². The molecule has 0 atom stereocenters. The van der Waals surface area contributed by atoms with Crippen LogP contribution in [0, 0.1) is 10.1 Å². The Morgan fingerprint density at radius 1 is 1.30 bits per heavy atom. The molecule has 0 saturated heterocycles. The van der Waals surface area contributed by atoms with E-state index in [1.165, 1.54) is 12.1 Å². The second-order valence-corrected chi connectivity index (χ2v) is 3.97. The van der Waals surface area contributed by atoms with Crippen LogP contribution in [0.3, 0.4) is 0 Å². The minimum absolute atomic E-state index is 0.170. The number of ether oxygens (including phenoxy) is 1. The lowest BCUT2D eigenvalue weighted by molar-refractivity contribution is -0.385. The summed E-state index contributed by atoms with van der Waals surface area (Å²) in [6, 6.07) is 10.3. The standard InChI is InChI=1S/C13H14N4O3/c14-16-11-5-3-6-12(13(11)17(18)19)20-9-7-10-4-1-2-8-15-10/h1-6,8,16H,7,9,14H2. The lowest BCUT2D eigenvalue weighted by Gasteiger charge is -2.09. The van der Waals surface area contributed by atoms with Crippen LogP contribution in [0.15, 0.2) is 42.6 Å². The number of pyridine rings is 1. The van der Waals surface area contributed by atoms with Gasteiger partial charge < -0.3 is 10.2 Å². The van der Waals surface area contributed by atoms with E-state index in [2.05, 4.69) is 10.4 Å². The zero-order valence-electron chi connectivity index (χ0n) is 10.7. The molecule has 0 bridgehead atoms. The van der Waals surface area contributed by atoms with Crippen LogP contribution >= 0.6 is 0 Å². The number of nitro benzene ring substituents is 1. The predicted octanol–water partition coefficient (Wildman–Crippen LogP) is 1.90. The van der Waals surface area contributed by atoms with Gasteiger partial charge in [0, 0.05) is 18.3 Å². The molecule has 7 heteroatoms. The van der Waals surface area contributed by atoms with Crippen molar-refractivity contribution in [1.29, 1.82) is 0 Å². The third-order valence-corrected chi connectivity index (χ3v) is 2.68. The summed E-state index contributed by atoms with van der Waals surface area (Å²) in [5, 5.41) is 11.1. The topological polar surface area (TPSA) is 103 Å². The van der Waals surface area contributed by atoms with Crippen LogP contribution in [0.4, 0.5) is 11.4 Å². The summed E-state index contributed by atoms with van der Waals surface area (Å²) < 4.78 is 5.47. The third kappa shape index (κ3) is 3.21. The van der Waals surface area contributed by atoms with E-state index in [1.807, 2.05) is 18.2 Å². The summed E-state index contributed by atoms with van der Waals surface area (Å²) in [5.74, 6) is 5.44. The van der Waals surface area contributed by atoms with Crippen molar-refractivity contribution >= 4 is 11.4 Å². The normalized spacial score (nSPS) is 10.1. The van der Waals surface area contributed by atoms with Gasteiger partial charge in [-0.05, 0) is 24.3 Å². The van der Waals surface area contributed by atoms with Crippen molar-refractivity contribution in [1.82, 2.24) is 4.98 Å². The maximum Gasteiger partial charge on any atom is 0.335 e. The summed E-state index contributed by atoms with van der Waals surface area (Å²) in [6.07, 6.45) is 2.26. The molecule has 1 aromatic heterocycles. The molecule has 0 fully saturated rings. The number of hydrogen-bond acceptors (Lipinski definition) is 6. The van der Waals surface area contributed by atoms with Gasteiger partial charge >= 0.3 is 5.69 Å². The van der Waals surface area contributed by atoms with Gasteiger partial charge in [0.15, 0.2) is 5.75 Å². The molecule has 0 spiro atoms. The quantitative estimate of drug-likeness (QED) is 0.473. The fourth-order valence-electron chi connectivity index (χ4n) is 1.76. The van der Waals surface area contributed by atoms with E-state index < -0.39 is 4.92 Å². The summed E-state index contributed by atoms with van der Waals surface area (Å²) in [5.41, 5.74) is 3.20. The van der Waals surface area contributed by atoms with Gasteiger partial charge in [0.1, 0.15) is 5.69 Å². The van der Waals surface area contributed by atoms with Crippen molar-refractivity contribution in [3.8, 4) is 5.75 Å². The maximum atomic E-state index is 11.1. The van der Waals surface area contributed by atoms with E-state index in [1.54, 1.807) is 12.3 Å². The molecule has 0 aliphatic carbocycles. The van der Waals surface area contributed by atoms with Gasteiger partial charge in [-0.25, -0.2) is 0 Å². The first-order chi connectivity index (χ1) is 9.72. The van der Waals surface area contributed by atoms with Crippen LogP contribution < -0.4 is 16.0 Å². The molecule has 7 nitrogen and oxygen atoms in total. The van der Waals surface area contributed by atoms with E-state index in [9.17, 15) is 10.1 Å². The Morgan fingerprint density at radius 3 is 2.80 bits per heavy atom. The highest BCUT2D eigenvalue weighted by Crippen LogP contribution is 2.34. The smallest absolute Gasteiger partial charge is 0.335 e. The number of hydrazine groups is 1. The molecule has 0 amide bonds. The Balaban J connectivity index is 2.08. The molecule has 20 heavy (non-hydrogen) atoms. The largest absolute Gasteiger partial charge is 0.486 e. The molecular weight excluding hydrogens is 260 g/mol. The van der Waals surface area contributed by atoms with Crippen molar-refractivity contribution in [2.45, 2.75) is 6.42 Å². The molecule has 1 heterocycles. The Kier molecular flexibility index (Phi) is 4.46. The van der Waals surface area contributed by atoms with E-state index in [0.717, 1.165) is 5.69 Å². The Labute approximate surface area is 115 Å². The number of hydrogen-bond donors (Lipinski definition) is 2. The third-order valence-electron chi connectivity index (χ3n) is 2.68. The van der Waals surface area contributed by atoms with Gasteiger partial charge in [-0.15, -0.1) is 0 Å². The van der Waals surface area contributed by atoms with E-state index in [4.69, 9.17) is 10.6 Å². The highest BCUT2D eigenvalue weighted by atomic mass is 16.6. The van der Waals surface area contributed by atoms with Crippen LogP contribution in [0.1, 0.15) is 5.69 Å². The second-order valence-electron chi connectivity index (χ2n) is 3.97. The molecule has 0 saturated carbocycles. The summed E-state index contributed by atoms with van der Waals surface area (Å²) in [6.45, 7) is 0.297. The van der Waals surface area contributed by atoms with E-state index in [-0.39, 0.29) is 17.1 Å². The molecule has 0 unspecified atom stereocenters. The summed E-state index contributed by atoms with van der Waals surface area (Å²) >= 11 is 0. The van der Waals surface area contributed by atoms with Gasteiger partial charge in [0.2, 0.25) is 0 Å². The number of aromatic nitrogens is 1. The van der Waals surface area contributed by atoms with E-state index >= 15 is 0 Å². The lowest BCUT2D eigenvalue weighted by Crippen LogP contribution is -2.10. The van der Waals surface area contributed by atoms with Gasteiger partial charge in [-0.2, -0.15) is 0 Å². The first-order valence-electron chi connectivity index (χ1n) is 5.99. The molecule has 1 aromatic carbocycles. The molecule has 2 rings (SSSR count). The first-order valence-corrected chi connectivity index (χ1v) is 5.99. The molecule has 0 aliphatic heterocycles. The molecule has 104 valence electrons. The number of nitrogens with one attached hydrogen (secondary N) is 1. The maximum absolute atomic E-state index is 11.1. The number of nitrogens with two attached hydrogens (primary N) is 1. The monoisotopic (exact) mass is 274 g/mol. The molecule has 0 radical (unpaired) electrons. The lowest BCUT2D eigenvalue weighted by atomic mass is 10.2.